The summed E-state index contributed by atoms with van der Waals surface area (Å²) >= 11 is 0. The number of nitrogens with one attached hydrogen (secondary N) is 2. The van der Waals surface area contributed by atoms with Gasteiger partial charge in [0.2, 0.25) is 0 Å². The highest BCUT2D eigenvalue weighted by molar-refractivity contribution is 5.70. The van der Waals surface area contributed by atoms with Gasteiger partial charge in [0, 0.05) is 6.54 Å². The van der Waals surface area contributed by atoms with E-state index in [0.717, 1.165) is 37.7 Å². The third-order valence-corrected chi connectivity index (χ3v) is 4.36. The number of carbonyl (C=O) groups excluding carboxylic acids is 2. The van der Waals surface area contributed by atoms with Crippen LogP contribution in [0.5, 0.6) is 0 Å². The van der Waals surface area contributed by atoms with Crippen molar-refractivity contribution in [2.45, 2.75) is 70.6 Å². The van der Waals surface area contributed by atoms with Crippen LogP contribution in [0.3, 0.4) is 0 Å². The molecule has 0 aromatic heterocycles. The van der Waals surface area contributed by atoms with E-state index in [1.54, 1.807) is 0 Å². The molecule has 1 fully saturated rings. The first-order valence-corrected chi connectivity index (χ1v) is 9.24. The monoisotopic (exact) mass is 362 g/mol. The molecule has 0 bridgehead atoms. The van der Waals surface area contributed by atoms with Gasteiger partial charge in [-0.3, -0.25) is 0 Å². The van der Waals surface area contributed by atoms with Crippen LogP contribution in [0, 0.1) is 0 Å². The third kappa shape index (κ3) is 6.94. The summed E-state index contributed by atoms with van der Waals surface area (Å²) < 4.78 is 10.6. The minimum absolute atomic E-state index is 0.224. The Morgan fingerprint density at radius 3 is 2.31 bits per heavy atom. The zero-order valence-corrected chi connectivity index (χ0v) is 16.0. The van der Waals surface area contributed by atoms with E-state index in [2.05, 4.69) is 10.6 Å². The van der Waals surface area contributed by atoms with Crippen LogP contribution in [0.25, 0.3) is 0 Å². The second-order valence-corrected chi connectivity index (χ2v) is 7.88. The number of amides is 2. The smallest absolute Gasteiger partial charge is 0.407 e. The molecule has 0 saturated heterocycles. The largest absolute Gasteiger partial charge is 0.445 e. The summed E-state index contributed by atoms with van der Waals surface area (Å²) in [5.74, 6) is 0. The predicted molar refractivity (Wildman–Crippen MR) is 99.8 cm³/mol. The summed E-state index contributed by atoms with van der Waals surface area (Å²) in [4.78, 5) is 24.2. The van der Waals surface area contributed by atoms with Gasteiger partial charge in [-0.1, -0.05) is 49.6 Å². The topological polar surface area (TPSA) is 76.7 Å². The first kappa shape index (κ1) is 20.1. The molecule has 0 atom stereocenters. The molecule has 0 heterocycles. The Morgan fingerprint density at radius 2 is 1.69 bits per heavy atom. The molecule has 2 N–H and O–H groups in total. The van der Waals surface area contributed by atoms with Crippen molar-refractivity contribution in [3.05, 3.63) is 35.9 Å². The van der Waals surface area contributed by atoms with Gasteiger partial charge in [-0.05, 0) is 39.2 Å². The van der Waals surface area contributed by atoms with Gasteiger partial charge in [-0.15, -0.1) is 0 Å². The van der Waals surface area contributed by atoms with E-state index < -0.39 is 23.3 Å². The van der Waals surface area contributed by atoms with Gasteiger partial charge in [-0.2, -0.15) is 0 Å². The number of rotatable bonds is 5. The number of hydrogen-bond acceptors (Lipinski definition) is 4. The van der Waals surface area contributed by atoms with Gasteiger partial charge in [0.1, 0.15) is 12.2 Å². The second-order valence-electron chi connectivity index (χ2n) is 7.88. The number of benzene rings is 1. The first-order valence-electron chi connectivity index (χ1n) is 9.24. The SMILES string of the molecule is CC(C)(C)OC(=O)NCC1(NC(=O)OCc2ccccc2)CCCCC1. The maximum atomic E-state index is 12.3. The van der Waals surface area contributed by atoms with Crippen LogP contribution in [-0.2, 0) is 16.1 Å². The Bertz CT molecular complexity index is 590. The van der Waals surface area contributed by atoms with Crippen LogP contribution in [0.4, 0.5) is 9.59 Å². The van der Waals surface area contributed by atoms with E-state index in [9.17, 15) is 9.59 Å². The molecule has 0 spiro atoms. The van der Waals surface area contributed by atoms with E-state index in [0.29, 0.717) is 6.54 Å². The quantitative estimate of drug-likeness (QED) is 0.825. The van der Waals surface area contributed by atoms with Crippen molar-refractivity contribution in [3.63, 3.8) is 0 Å². The van der Waals surface area contributed by atoms with Crippen LogP contribution >= 0.6 is 0 Å². The molecular formula is C20H30N2O4. The molecule has 2 amide bonds. The van der Waals surface area contributed by atoms with E-state index in [1.165, 1.54) is 0 Å². The van der Waals surface area contributed by atoms with Gasteiger partial charge >= 0.3 is 12.2 Å². The van der Waals surface area contributed by atoms with E-state index in [4.69, 9.17) is 9.47 Å². The Hall–Kier alpha value is -2.24. The van der Waals surface area contributed by atoms with E-state index in [1.807, 2.05) is 51.1 Å². The molecule has 1 aromatic rings. The molecule has 6 heteroatoms. The van der Waals surface area contributed by atoms with Gasteiger partial charge < -0.3 is 20.1 Å². The lowest BCUT2D eigenvalue weighted by Crippen LogP contribution is -2.57. The lowest BCUT2D eigenvalue weighted by Gasteiger charge is -2.37. The Morgan fingerprint density at radius 1 is 1.04 bits per heavy atom. The minimum atomic E-state index is -0.550. The summed E-state index contributed by atoms with van der Waals surface area (Å²) in [6.07, 6.45) is 3.84. The van der Waals surface area contributed by atoms with Crippen molar-refractivity contribution in [1.82, 2.24) is 10.6 Å². The molecule has 1 aromatic carbocycles. The van der Waals surface area contributed by atoms with E-state index >= 15 is 0 Å². The fourth-order valence-electron chi connectivity index (χ4n) is 3.11. The van der Waals surface area contributed by atoms with Gasteiger partial charge in [-0.25, -0.2) is 9.59 Å². The first-order chi connectivity index (χ1) is 12.3. The molecular weight excluding hydrogens is 332 g/mol. The summed E-state index contributed by atoms with van der Waals surface area (Å²) in [5.41, 5.74) is -0.0957. The highest BCUT2D eigenvalue weighted by atomic mass is 16.6. The normalized spacial score (nSPS) is 16.4. The second kappa shape index (κ2) is 8.92. The molecule has 1 saturated carbocycles. The standard InChI is InChI=1S/C20H30N2O4/c1-19(2,3)26-17(23)21-15-20(12-8-5-9-13-20)22-18(24)25-14-16-10-6-4-7-11-16/h4,6-7,10-11H,5,8-9,12-15H2,1-3H3,(H,21,23)(H,22,24). The van der Waals surface area contributed by atoms with Gasteiger partial charge in [0.05, 0.1) is 5.54 Å². The molecule has 1 aliphatic rings. The molecule has 2 rings (SSSR count). The fourth-order valence-corrected chi connectivity index (χ4v) is 3.11. The average molecular weight is 362 g/mol. The van der Waals surface area contributed by atoms with Gasteiger partial charge in [0.25, 0.3) is 0 Å². The van der Waals surface area contributed by atoms with Crippen LogP contribution in [0.2, 0.25) is 0 Å². The van der Waals surface area contributed by atoms with Crippen molar-refractivity contribution in [2.24, 2.45) is 0 Å². The molecule has 0 unspecified atom stereocenters. The van der Waals surface area contributed by atoms with Crippen molar-refractivity contribution < 1.29 is 19.1 Å². The molecule has 6 nitrogen and oxygen atoms in total. The average Bonchev–Trinajstić information content (AvgIpc) is 2.59. The maximum Gasteiger partial charge on any atom is 0.407 e. The van der Waals surface area contributed by atoms with E-state index in [-0.39, 0.29) is 6.61 Å². The fraction of sp³-hybridized carbons (Fsp3) is 0.600. The molecule has 26 heavy (non-hydrogen) atoms. The molecule has 1 aliphatic carbocycles. The maximum absolute atomic E-state index is 12.3. The molecule has 0 aliphatic heterocycles. The van der Waals surface area contributed by atoms with Crippen LogP contribution < -0.4 is 10.6 Å². The van der Waals surface area contributed by atoms with Crippen LogP contribution in [0.15, 0.2) is 30.3 Å². The zero-order valence-electron chi connectivity index (χ0n) is 16.0. The molecule has 144 valence electrons. The lowest BCUT2D eigenvalue weighted by atomic mass is 9.81. The van der Waals surface area contributed by atoms with Crippen molar-refractivity contribution in [1.29, 1.82) is 0 Å². The Labute approximate surface area is 155 Å². The number of hydrogen-bond donors (Lipinski definition) is 2. The summed E-state index contributed by atoms with van der Waals surface area (Å²) in [6, 6.07) is 9.55. The van der Waals surface area contributed by atoms with Crippen LogP contribution in [0.1, 0.15) is 58.4 Å². The summed E-state index contributed by atoms with van der Waals surface area (Å²) in [7, 11) is 0. The number of alkyl carbamates (subject to hydrolysis) is 2. The Kier molecular flexibility index (Phi) is 6.89. The Balaban J connectivity index is 1.88. The van der Waals surface area contributed by atoms with Crippen molar-refractivity contribution >= 4 is 12.2 Å². The number of ether oxygens (including phenoxy) is 2. The zero-order chi connectivity index (χ0) is 19.0. The van der Waals surface area contributed by atoms with Crippen LogP contribution in [-0.4, -0.2) is 29.9 Å². The third-order valence-electron chi connectivity index (χ3n) is 4.36. The highest BCUT2D eigenvalue weighted by Gasteiger charge is 2.35. The predicted octanol–water partition coefficient (Wildman–Crippen LogP) is 4.14. The summed E-state index contributed by atoms with van der Waals surface area (Å²) in [6.45, 7) is 6.02. The summed E-state index contributed by atoms with van der Waals surface area (Å²) in [5, 5.41) is 5.79. The van der Waals surface area contributed by atoms with Crippen molar-refractivity contribution in [3.8, 4) is 0 Å². The van der Waals surface area contributed by atoms with Crippen molar-refractivity contribution in [2.75, 3.05) is 6.54 Å². The lowest BCUT2D eigenvalue weighted by molar-refractivity contribution is 0.0494. The van der Waals surface area contributed by atoms with Gasteiger partial charge in [0.15, 0.2) is 0 Å². The number of carbonyl (C=O) groups is 2. The molecule has 0 radical (unpaired) electrons. The highest BCUT2D eigenvalue weighted by Crippen LogP contribution is 2.28. The minimum Gasteiger partial charge on any atom is -0.445 e.